The van der Waals surface area contributed by atoms with Crippen LogP contribution in [0.2, 0.25) is 0 Å². The van der Waals surface area contributed by atoms with Gasteiger partial charge in [0, 0.05) is 25.2 Å². The van der Waals surface area contributed by atoms with Crippen molar-refractivity contribution < 1.29 is 49.5 Å². The Kier molecular flexibility index (Phi) is 15.5. The summed E-state index contributed by atoms with van der Waals surface area (Å²) >= 11 is 0. The third-order valence-electron chi connectivity index (χ3n) is 5.62. The Hall–Kier alpha value is -3.52. The molecule has 222 valence electrons. The highest BCUT2D eigenvalue weighted by atomic mass is 19.4. The summed E-state index contributed by atoms with van der Waals surface area (Å²) in [6.07, 6.45) is -4.12. The number of likely N-dealkylation sites (N-methyl/N-ethyl adjacent to an activating group) is 1. The third kappa shape index (κ3) is 13.0. The van der Waals surface area contributed by atoms with Crippen LogP contribution in [0, 0.1) is 0 Å². The summed E-state index contributed by atoms with van der Waals surface area (Å²) in [5.74, 6) is -0.564. The molecule has 0 spiro atoms. The van der Waals surface area contributed by atoms with E-state index in [0.717, 1.165) is 38.3 Å². The summed E-state index contributed by atoms with van der Waals surface area (Å²) in [5.41, 5.74) is 11.1. The van der Waals surface area contributed by atoms with E-state index < -0.39 is 35.6 Å². The van der Waals surface area contributed by atoms with Crippen LogP contribution in [0.5, 0.6) is 5.75 Å². The first-order valence-corrected chi connectivity index (χ1v) is 13.0. The smallest absolute Gasteiger partial charge is 0.416 e. The van der Waals surface area contributed by atoms with Crippen molar-refractivity contribution in [3.63, 3.8) is 0 Å². The predicted molar refractivity (Wildman–Crippen MR) is 144 cm³/mol. The van der Waals surface area contributed by atoms with E-state index in [2.05, 4.69) is 39.8 Å². The van der Waals surface area contributed by atoms with Gasteiger partial charge >= 0.3 is 6.18 Å². The summed E-state index contributed by atoms with van der Waals surface area (Å²) in [6, 6.07) is 8.90. The van der Waals surface area contributed by atoms with E-state index in [0.29, 0.717) is 29.9 Å². The van der Waals surface area contributed by atoms with E-state index in [1.54, 1.807) is 24.3 Å². The molecule has 2 rings (SSSR count). The topological polar surface area (TPSA) is 171 Å². The Morgan fingerprint density at radius 3 is 2.05 bits per heavy atom. The van der Waals surface area contributed by atoms with Crippen molar-refractivity contribution in [3.05, 3.63) is 59.7 Å². The van der Waals surface area contributed by atoms with Gasteiger partial charge in [0.25, 0.3) is 5.91 Å². The Morgan fingerprint density at radius 2 is 1.57 bits per heavy atom. The van der Waals surface area contributed by atoms with Crippen LogP contribution in [-0.4, -0.2) is 74.9 Å². The number of quaternary nitrogens is 3. The van der Waals surface area contributed by atoms with Crippen molar-refractivity contribution in [2.24, 2.45) is 0 Å². The molecule has 13 heteroatoms. The van der Waals surface area contributed by atoms with Gasteiger partial charge in [0.2, 0.25) is 5.91 Å². The molecule has 0 aliphatic heterocycles. The first-order chi connectivity index (χ1) is 18.9. The standard InChI is InChI=1S/C22H24F3N3O4.C5H15N3/c1-2-32-17-9-7-16(8-10-17)27-21(31)19(28-20(30)18(26)11-12-29)13-14-3-5-15(6-4-14)22(23,24)25;1-8(4-2-6)5-3-7/h3-10,12,18-19H,2,11,13,26H2,1H3,(H,27,31)(H,28,30);2-7H2,1H3/p+3. The van der Waals surface area contributed by atoms with E-state index in [1.807, 2.05) is 6.92 Å². The zero-order chi connectivity index (χ0) is 30.1. The molecule has 0 saturated heterocycles. The normalized spacial score (nSPS) is 12.5. The van der Waals surface area contributed by atoms with E-state index >= 15 is 0 Å². The fraction of sp³-hybridized carbons (Fsp3) is 0.444. The van der Waals surface area contributed by atoms with E-state index in [4.69, 9.17) is 4.74 Å². The number of carbonyl (C=O) groups excluding carboxylic acids is 3. The van der Waals surface area contributed by atoms with Crippen molar-refractivity contribution in [3.8, 4) is 5.75 Å². The molecule has 0 heterocycles. The number of halogens is 3. The third-order valence-corrected chi connectivity index (χ3v) is 5.62. The van der Waals surface area contributed by atoms with Crippen LogP contribution in [0.15, 0.2) is 48.5 Å². The number of anilines is 1. The molecule has 0 aliphatic carbocycles. The lowest BCUT2D eigenvalue weighted by atomic mass is 10.0. The molecule has 0 bridgehead atoms. The number of nitrogens with one attached hydrogen (secondary N) is 2. The lowest BCUT2D eigenvalue weighted by Gasteiger charge is -2.20. The van der Waals surface area contributed by atoms with Crippen LogP contribution in [-0.2, 0) is 27.0 Å². The second kappa shape index (κ2) is 17.9. The van der Waals surface area contributed by atoms with Gasteiger partial charge in [-0.2, -0.15) is 13.2 Å². The molecule has 2 atom stereocenters. The van der Waals surface area contributed by atoms with Gasteiger partial charge in [0.15, 0.2) is 6.04 Å². The Bertz CT molecular complexity index is 1030. The number of benzene rings is 2. The minimum atomic E-state index is -4.48. The first kappa shape index (κ1) is 34.5. The maximum absolute atomic E-state index is 12.8. The summed E-state index contributed by atoms with van der Waals surface area (Å²) in [7, 11) is 2.09. The first-order valence-electron chi connectivity index (χ1n) is 13.0. The summed E-state index contributed by atoms with van der Waals surface area (Å²) in [4.78, 5) is 38.1. The fourth-order valence-corrected chi connectivity index (χ4v) is 3.47. The summed E-state index contributed by atoms with van der Waals surface area (Å²) in [5, 5.41) is 5.19. The lowest BCUT2D eigenvalue weighted by molar-refractivity contribution is -0.402. The molecule has 2 unspecified atom stereocenters. The number of ether oxygens (including phenoxy) is 1. The van der Waals surface area contributed by atoms with Crippen LogP contribution < -0.4 is 32.6 Å². The number of hydrogen-bond donors (Lipinski definition) is 5. The molecule has 10 nitrogen and oxygen atoms in total. The van der Waals surface area contributed by atoms with Gasteiger partial charge in [0.1, 0.15) is 18.1 Å². The number of amides is 2. The number of rotatable bonds is 14. The fourth-order valence-electron chi connectivity index (χ4n) is 3.47. The van der Waals surface area contributed by atoms with Gasteiger partial charge in [0.05, 0.1) is 31.7 Å². The van der Waals surface area contributed by atoms with E-state index in [9.17, 15) is 27.6 Å². The minimum Gasteiger partial charge on any atom is -0.494 e. The molecular weight excluding hydrogens is 529 g/mol. The average molecular weight is 572 g/mol. The van der Waals surface area contributed by atoms with Crippen LogP contribution in [0.3, 0.4) is 0 Å². The molecule has 2 aromatic rings. The van der Waals surface area contributed by atoms with E-state index in [1.165, 1.54) is 12.1 Å². The van der Waals surface area contributed by atoms with Crippen molar-refractivity contribution >= 4 is 23.8 Å². The van der Waals surface area contributed by atoms with Gasteiger partial charge in [-0.3, -0.25) is 14.5 Å². The van der Waals surface area contributed by atoms with Gasteiger partial charge in [-0.15, -0.1) is 0 Å². The molecule has 2 amide bonds. The molecule has 0 radical (unpaired) electrons. The van der Waals surface area contributed by atoms with Gasteiger partial charge in [-0.1, -0.05) is 12.1 Å². The molecule has 0 fully saturated rings. The second-order valence-electron chi connectivity index (χ2n) is 9.02. The molecule has 0 aromatic heterocycles. The molecule has 0 aliphatic rings. The number of carbonyl (C=O) groups is 3. The van der Waals surface area contributed by atoms with Crippen molar-refractivity contribution in [2.75, 3.05) is 45.2 Å². The Morgan fingerprint density at radius 1 is 1.00 bits per heavy atom. The molecule has 0 saturated carbocycles. The zero-order valence-electron chi connectivity index (χ0n) is 23.1. The van der Waals surface area contributed by atoms with Gasteiger partial charge < -0.3 is 37.4 Å². The highest BCUT2D eigenvalue weighted by Gasteiger charge is 2.30. The maximum Gasteiger partial charge on any atom is 0.416 e. The summed E-state index contributed by atoms with van der Waals surface area (Å²) < 4.78 is 43.7. The van der Waals surface area contributed by atoms with Crippen molar-refractivity contribution in [1.29, 1.82) is 0 Å². The number of alkyl halides is 3. The van der Waals surface area contributed by atoms with Gasteiger partial charge in [-0.05, 0) is 55.9 Å². The molecule has 11 N–H and O–H groups in total. The van der Waals surface area contributed by atoms with E-state index in [-0.39, 0.29) is 12.8 Å². The Balaban J connectivity index is 0.000000869. The van der Waals surface area contributed by atoms with Gasteiger partial charge in [-0.25, -0.2) is 0 Å². The predicted octanol–water partition coefficient (Wildman–Crippen LogP) is -0.628. The lowest BCUT2D eigenvalue weighted by Crippen LogP contribution is -2.69. The van der Waals surface area contributed by atoms with Crippen LogP contribution in [0.25, 0.3) is 0 Å². The van der Waals surface area contributed by atoms with Crippen LogP contribution in [0.1, 0.15) is 24.5 Å². The maximum atomic E-state index is 12.8. The minimum absolute atomic E-state index is 0.0550. The zero-order valence-corrected chi connectivity index (χ0v) is 23.1. The van der Waals surface area contributed by atoms with Crippen LogP contribution >= 0.6 is 0 Å². The molecule has 40 heavy (non-hydrogen) atoms. The number of hydrogen-bond acceptors (Lipinski definition) is 5. The monoisotopic (exact) mass is 571 g/mol. The molecular formula is C27H42F3N6O4+3. The average Bonchev–Trinajstić information content (AvgIpc) is 2.90. The highest BCUT2D eigenvalue weighted by molar-refractivity contribution is 5.98. The van der Waals surface area contributed by atoms with Crippen molar-refractivity contribution in [1.82, 2.24) is 10.2 Å². The SMILES string of the molecule is CCOc1ccc(NC(=O)C(Cc2ccc(C(F)(F)F)cc2)NC(=O)C([NH3+])CC=O)cc1.CN(CC[NH3+])CC[NH3+]. The van der Waals surface area contributed by atoms with Crippen LogP contribution in [0.4, 0.5) is 18.9 Å². The summed E-state index contributed by atoms with van der Waals surface area (Å²) in [6.45, 7) is 6.50. The quantitative estimate of drug-likeness (QED) is 0.190. The molecule has 2 aromatic carbocycles. The number of aldehydes is 1. The van der Waals surface area contributed by atoms with Crippen molar-refractivity contribution in [2.45, 2.75) is 38.0 Å². The largest absolute Gasteiger partial charge is 0.494 e. The highest BCUT2D eigenvalue weighted by Crippen LogP contribution is 2.29. The second-order valence-corrected chi connectivity index (χ2v) is 9.02. The number of nitrogens with zero attached hydrogens (tertiary/aromatic N) is 1. The Labute approximate surface area is 232 Å².